The summed E-state index contributed by atoms with van der Waals surface area (Å²) >= 11 is 4.83. The van der Waals surface area contributed by atoms with Crippen LogP contribution in [0.3, 0.4) is 0 Å². The fraction of sp³-hybridized carbons (Fsp3) is 0.188. The van der Waals surface area contributed by atoms with Crippen LogP contribution in [0.2, 0.25) is 0 Å². The molecule has 0 saturated heterocycles. The third kappa shape index (κ3) is 3.73. The summed E-state index contributed by atoms with van der Waals surface area (Å²) in [6, 6.07) is 7.84. The number of rotatable bonds is 6. The summed E-state index contributed by atoms with van der Waals surface area (Å²) in [5, 5.41) is 16.4. The van der Waals surface area contributed by atoms with E-state index in [0.29, 0.717) is 19.5 Å². The van der Waals surface area contributed by atoms with Crippen molar-refractivity contribution in [1.29, 1.82) is 0 Å². The Balaban J connectivity index is 1.32. The zero-order valence-corrected chi connectivity index (χ0v) is 15.6. The number of amides is 2. The van der Waals surface area contributed by atoms with Gasteiger partial charge >= 0.3 is 6.03 Å². The summed E-state index contributed by atoms with van der Waals surface area (Å²) in [6.07, 6.45) is 0.708. The molecule has 25 heavy (non-hydrogen) atoms. The Kier molecular flexibility index (Phi) is 4.77. The van der Waals surface area contributed by atoms with Crippen LogP contribution in [-0.4, -0.2) is 27.2 Å². The van der Waals surface area contributed by atoms with Crippen LogP contribution in [0.15, 0.2) is 40.4 Å². The second-order valence-corrected chi connectivity index (χ2v) is 8.09. The van der Waals surface area contributed by atoms with Crippen molar-refractivity contribution in [1.82, 2.24) is 25.2 Å². The molecule has 9 heteroatoms. The number of carbonyl (C=O) groups excluding carboxylic acids is 1. The molecule has 128 valence electrons. The van der Waals surface area contributed by atoms with Crippen molar-refractivity contribution < 1.29 is 4.79 Å². The Bertz CT molecular complexity index is 956. The summed E-state index contributed by atoms with van der Waals surface area (Å²) < 4.78 is 1.87. The lowest BCUT2D eigenvalue weighted by atomic mass is 10.3. The smallest absolute Gasteiger partial charge is 0.315 e. The number of thiazole rings is 1. The van der Waals surface area contributed by atoms with E-state index >= 15 is 0 Å². The molecule has 2 N–H and O–H groups in total. The highest BCUT2D eigenvalue weighted by Gasteiger charge is 2.12. The summed E-state index contributed by atoms with van der Waals surface area (Å²) in [4.78, 5) is 19.5. The van der Waals surface area contributed by atoms with Gasteiger partial charge in [0.25, 0.3) is 0 Å². The second-order valence-electron chi connectivity index (χ2n) is 5.27. The topological polar surface area (TPSA) is 71.3 Å². The van der Waals surface area contributed by atoms with E-state index in [2.05, 4.69) is 20.7 Å². The number of hydrogen-bond donors (Lipinski definition) is 2. The Morgan fingerprint density at radius 3 is 2.80 bits per heavy atom. The molecule has 4 rings (SSSR count). The predicted molar refractivity (Wildman–Crippen MR) is 102 cm³/mol. The summed E-state index contributed by atoms with van der Waals surface area (Å²) in [7, 11) is 0. The van der Waals surface area contributed by atoms with Crippen LogP contribution in [0.4, 0.5) is 4.79 Å². The number of nitrogens with zero attached hydrogens (tertiary/aromatic N) is 3. The largest absolute Gasteiger partial charge is 0.338 e. The minimum atomic E-state index is -0.155. The molecule has 0 atom stereocenters. The Morgan fingerprint density at radius 1 is 1.12 bits per heavy atom. The third-order valence-corrected chi connectivity index (χ3v) is 6.17. The van der Waals surface area contributed by atoms with Gasteiger partial charge in [0.1, 0.15) is 0 Å². The van der Waals surface area contributed by atoms with Gasteiger partial charge in [-0.2, -0.15) is 4.98 Å². The number of carbonyl (C=O) groups is 1. The molecule has 4 aromatic heterocycles. The van der Waals surface area contributed by atoms with Gasteiger partial charge in [-0.15, -0.1) is 39.1 Å². The number of hydrogen-bond acceptors (Lipinski definition) is 6. The molecule has 2 amide bonds. The van der Waals surface area contributed by atoms with E-state index in [-0.39, 0.29) is 6.03 Å². The van der Waals surface area contributed by atoms with Gasteiger partial charge in [0.2, 0.25) is 4.96 Å². The standard InChI is InChI=1S/C16H15N5OS3/c22-15(18-9-12-3-1-7-23-12)17-6-5-11-10-25-16-19-14(20-21(11)16)13-4-2-8-24-13/h1-4,7-8,10H,5-6,9H2,(H2,17,18,22). The van der Waals surface area contributed by atoms with Crippen molar-refractivity contribution in [3.8, 4) is 10.7 Å². The lowest BCUT2D eigenvalue weighted by Crippen LogP contribution is -2.36. The van der Waals surface area contributed by atoms with Crippen LogP contribution >= 0.6 is 34.0 Å². The van der Waals surface area contributed by atoms with Gasteiger partial charge in [0.15, 0.2) is 5.82 Å². The highest BCUT2D eigenvalue weighted by molar-refractivity contribution is 7.15. The first-order valence-electron chi connectivity index (χ1n) is 7.71. The van der Waals surface area contributed by atoms with Gasteiger partial charge in [-0.25, -0.2) is 9.31 Å². The van der Waals surface area contributed by atoms with Gasteiger partial charge in [-0.05, 0) is 22.9 Å². The van der Waals surface area contributed by atoms with E-state index in [1.165, 1.54) is 0 Å². The van der Waals surface area contributed by atoms with Crippen LogP contribution in [0.1, 0.15) is 10.6 Å². The van der Waals surface area contributed by atoms with Crippen molar-refractivity contribution in [2.75, 3.05) is 6.54 Å². The minimum absolute atomic E-state index is 0.155. The van der Waals surface area contributed by atoms with Crippen LogP contribution in [0.25, 0.3) is 15.7 Å². The molecule has 0 aromatic carbocycles. The van der Waals surface area contributed by atoms with E-state index in [4.69, 9.17) is 0 Å². The molecule has 0 fully saturated rings. The van der Waals surface area contributed by atoms with Gasteiger partial charge in [-0.3, -0.25) is 0 Å². The highest BCUT2D eigenvalue weighted by Crippen LogP contribution is 2.24. The van der Waals surface area contributed by atoms with E-state index in [9.17, 15) is 4.79 Å². The monoisotopic (exact) mass is 389 g/mol. The summed E-state index contributed by atoms with van der Waals surface area (Å²) in [5.41, 5.74) is 1.05. The molecular formula is C16H15N5OS3. The van der Waals surface area contributed by atoms with Crippen molar-refractivity contribution in [2.45, 2.75) is 13.0 Å². The SMILES string of the molecule is O=C(NCCc1csc2nc(-c3cccs3)nn12)NCc1cccs1. The molecule has 4 aromatic rings. The molecule has 0 aliphatic heterocycles. The van der Waals surface area contributed by atoms with Crippen LogP contribution in [-0.2, 0) is 13.0 Å². The van der Waals surface area contributed by atoms with Gasteiger partial charge in [0, 0.05) is 23.2 Å². The average molecular weight is 390 g/mol. The molecular weight excluding hydrogens is 374 g/mol. The van der Waals surface area contributed by atoms with E-state index in [1.54, 1.807) is 34.0 Å². The van der Waals surface area contributed by atoms with E-state index < -0.39 is 0 Å². The second kappa shape index (κ2) is 7.34. The number of fused-ring (bicyclic) bond motifs is 1. The highest BCUT2D eigenvalue weighted by atomic mass is 32.1. The first kappa shape index (κ1) is 16.2. The van der Waals surface area contributed by atoms with Crippen LogP contribution in [0.5, 0.6) is 0 Å². The predicted octanol–water partition coefficient (Wildman–Crippen LogP) is 3.62. The van der Waals surface area contributed by atoms with Crippen molar-refractivity contribution in [3.63, 3.8) is 0 Å². The fourth-order valence-corrected chi connectivity index (χ4v) is 4.51. The lowest BCUT2D eigenvalue weighted by Gasteiger charge is -2.06. The molecule has 4 heterocycles. The normalized spacial score (nSPS) is 11.0. The van der Waals surface area contributed by atoms with Gasteiger partial charge < -0.3 is 10.6 Å². The van der Waals surface area contributed by atoms with Gasteiger partial charge in [-0.1, -0.05) is 12.1 Å². The molecule has 0 radical (unpaired) electrons. The molecule has 0 unspecified atom stereocenters. The van der Waals surface area contributed by atoms with Gasteiger partial charge in [0.05, 0.1) is 17.1 Å². The Hall–Kier alpha value is -2.23. The number of thiophene rings is 2. The maximum atomic E-state index is 11.8. The molecule has 0 aliphatic carbocycles. The summed E-state index contributed by atoms with van der Waals surface area (Å²) in [5.74, 6) is 0.754. The summed E-state index contributed by atoms with van der Waals surface area (Å²) in [6.45, 7) is 1.11. The third-order valence-electron chi connectivity index (χ3n) is 3.56. The number of urea groups is 1. The van der Waals surface area contributed by atoms with E-state index in [1.807, 2.05) is 44.9 Å². The zero-order valence-electron chi connectivity index (χ0n) is 13.1. The Morgan fingerprint density at radius 2 is 2.00 bits per heavy atom. The maximum absolute atomic E-state index is 11.8. The Labute approximate surface area is 156 Å². The number of nitrogens with one attached hydrogen (secondary N) is 2. The average Bonchev–Trinajstić information content (AvgIpc) is 3.37. The van der Waals surface area contributed by atoms with Crippen molar-refractivity contribution in [3.05, 3.63) is 51.0 Å². The van der Waals surface area contributed by atoms with Crippen LogP contribution < -0.4 is 10.6 Å². The fourth-order valence-electron chi connectivity index (χ4n) is 2.35. The molecule has 0 spiro atoms. The minimum Gasteiger partial charge on any atom is -0.338 e. The number of aromatic nitrogens is 3. The molecule has 0 saturated carbocycles. The molecule has 0 aliphatic rings. The van der Waals surface area contributed by atoms with Crippen LogP contribution in [0, 0.1) is 0 Å². The lowest BCUT2D eigenvalue weighted by molar-refractivity contribution is 0.240. The maximum Gasteiger partial charge on any atom is 0.315 e. The van der Waals surface area contributed by atoms with E-state index in [0.717, 1.165) is 26.2 Å². The molecule has 0 bridgehead atoms. The van der Waals surface area contributed by atoms with Crippen molar-refractivity contribution in [2.24, 2.45) is 0 Å². The first-order chi connectivity index (χ1) is 12.3. The van der Waals surface area contributed by atoms with Crippen molar-refractivity contribution >= 4 is 45.0 Å². The molecule has 6 nitrogen and oxygen atoms in total. The zero-order chi connectivity index (χ0) is 17.1. The quantitative estimate of drug-likeness (QED) is 0.529. The first-order valence-corrected chi connectivity index (χ1v) is 10.3.